The Bertz CT molecular complexity index is 753. The lowest BCUT2D eigenvalue weighted by Crippen LogP contribution is -2.29. The summed E-state index contributed by atoms with van der Waals surface area (Å²) in [5, 5.41) is 9.66. The number of hydrogen-bond donors (Lipinski definition) is 2. The average Bonchev–Trinajstić information content (AvgIpc) is 3.00. The Morgan fingerprint density at radius 3 is 2.91 bits per heavy atom. The van der Waals surface area contributed by atoms with Gasteiger partial charge in [0.15, 0.2) is 5.65 Å². The molecule has 112 valence electrons. The van der Waals surface area contributed by atoms with Gasteiger partial charge in [-0.2, -0.15) is 5.10 Å². The Balaban J connectivity index is 1.44. The maximum absolute atomic E-state index is 11.8. The summed E-state index contributed by atoms with van der Waals surface area (Å²) in [6.07, 6.45) is 6.85. The summed E-state index contributed by atoms with van der Waals surface area (Å²) in [6, 6.07) is 11.8. The molecule has 0 saturated carbocycles. The third-order valence-electron chi connectivity index (χ3n) is 3.28. The number of carbonyl (C=O) groups excluding carboxylic acids is 1. The topological polar surface area (TPSA) is 71.3 Å². The molecule has 2 heterocycles. The van der Waals surface area contributed by atoms with Gasteiger partial charge in [-0.05, 0) is 18.4 Å². The molecular formula is C16H17N5O. The van der Waals surface area contributed by atoms with Crippen molar-refractivity contribution in [3.05, 3.63) is 60.6 Å². The van der Waals surface area contributed by atoms with Crippen molar-refractivity contribution in [1.82, 2.24) is 19.9 Å². The number of rotatable bonds is 5. The van der Waals surface area contributed by atoms with Gasteiger partial charge in [0.1, 0.15) is 0 Å². The van der Waals surface area contributed by atoms with Crippen LogP contribution in [0.1, 0.15) is 12.0 Å². The fourth-order valence-corrected chi connectivity index (χ4v) is 2.19. The number of aromatic nitrogens is 3. The number of nitrogens with one attached hydrogen (secondary N) is 2. The highest BCUT2D eigenvalue weighted by atomic mass is 16.2. The average molecular weight is 295 g/mol. The fraction of sp³-hybridized carbons (Fsp3) is 0.188. The number of urea groups is 1. The molecule has 0 spiro atoms. The molecule has 0 radical (unpaired) electrons. The van der Waals surface area contributed by atoms with Crippen molar-refractivity contribution in [3.63, 3.8) is 0 Å². The Morgan fingerprint density at radius 1 is 1.18 bits per heavy atom. The normalized spacial score (nSPS) is 10.5. The lowest BCUT2D eigenvalue weighted by Gasteiger charge is -2.07. The maximum Gasteiger partial charge on any atom is 0.319 e. The van der Waals surface area contributed by atoms with Gasteiger partial charge >= 0.3 is 6.03 Å². The quantitative estimate of drug-likeness (QED) is 0.710. The smallest absolute Gasteiger partial charge is 0.319 e. The van der Waals surface area contributed by atoms with Gasteiger partial charge in [-0.15, -0.1) is 0 Å². The van der Waals surface area contributed by atoms with Crippen LogP contribution in [0.4, 0.5) is 10.5 Å². The van der Waals surface area contributed by atoms with E-state index in [9.17, 15) is 4.79 Å². The van der Waals surface area contributed by atoms with Crippen molar-refractivity contribution in [2.24, 2.45) is 0 Å². The molecule has 2 amide bonds. The van der Waals surface area contributed by atoms with Crippen LogP contribution in [0.2, 0.25) is 0 Å². The summed E-state index contributed by atoms with van der Waals surface area (Å²) < 4.78 is 1.62. The van der Waals surface area contributed by atoms with Gasteiger partial charge in [0.2, 0.25) is 0 Å². The fourth-order valence-electron chi connectivity index (χ4n) is 2.19. The highest BCUT2D eigenvalue weighted by molar-refractivity contribution is 5.88. The molecule has 3 aromatic rings. The van der Waals surface area contributed by atoms with E-state index in [1.807, 2.05) is 18.2 Å². The van der Waals surface area contributed by atoms with Crippen molar-refractivity contribution >= 4 is 17.4 Å². The maximum atomic E-state index is 11.8. The molecule has 1 aromatic carbocycles. The molecule has 0 aliphatic heterocycles. The predicted octanol–water partition coefficient (Wildman–Crippen LogP) is 2.48. The van der Waals surface area contributed by atoms with Crippen molar-refractivity contribution < 1.29 is 4.79 Å². The Kier molecular flexibility index (Phi) is 4.29. The molecule has 2 N–H and O–H groups in total. The second-order valence-corrected chi connectivity index (χ2v) is 4.95. The van der Waals surface area contributed by atoms with Crippen molar-refractivity contribution in [2.75, 3.05) is 11.9 Å². The Hall–Kier alpha value is -2.89. The molecule has 0 aliphatic rings. The van der Waals surface area contributed by atoms with Gasteiger partial charge in [-0.1, -0.05) is 30.3 Å². The van der Waals surface area contributed by atoms with E-state index in [0.717, 1.165) is 18.5 Å². The Labute approximate surface area is 128 Å². The van der Waals surface area contributed by atoms with E-state index in [2.05, 4.69) is 32.8 Å². The minimum absolute atomic E-state index is 0.235. The minimum Gasteiger partial charge on any atom is -0.338 e. The lowest BCUT2D eigenvalue weighted by atomic mass is 10.1. The van der Waals surface area contributed by atoms with Gasteiger partial charge in [0.05, 0.1) is 24.3 Å². The number of benzene rings is 1. The zero-order chi connectivity index (χ0) is 15.2. The third kappa shape index (κ3) is 3.60. The van der Waals surface area contributed by atoms with Crippen LogP contribution in [0.3, 0.4) is 0 Å². The van der Waals surface area contributed by atoms with E-state index in [0.29, 0.717) is 12.2 Å². The van der Waals surface area contributed by atoms with Gasteiger partial charge in [-0.25, -0.2) is 14.3 Å². The highest BCUT2D eigenvalue weighted by Gasteiger charge is 2.03. The first kappa shape index (κ1) is 14.1. The first-order chi connectivity index (χ1) is 10.8. The second-order valence-electron chi connectivity index (χ2n) is 4.95. The van der Waals surface area contributed by atoms with E-state index in [-0.39, 0.29) is 6.03 Å². The monoisotopic (exact) mass is 295 g/mol. The summed E-state index contributed by atoms with van der Waals surface area (Å²) in [4.78, 5) is 16.0. The van der Waals surface area contributed by atoms with Crippen LogP contribution in [0.5, 0.6) is 0 Å². The minimum atomic E-state index is -0.235. The van der Waals surface area contributed by atoms with Crippen LogP contribution in [-0.4, -0.2) is 27.2 Å². The number of fused-ring (bicyclic) bond motifs is 1. The molecule has 2 aromatic heterocycles. The first-order valence-electron chi connectivity index (χ1n) is 7.19. The number of hydrogen-bond acceptors (Lipinski definition) is 3. The Morgan fingerprint density at radius 2 is 2.05 bits per heavy atom. The second kappa shape index (κ2) is 6.71. The van der Waals surface area contributed by atoms with E-state index in [1.54, 1.807) is 29.2 Å². The zero-order valence-electron chi connectivity index (χ0n) is 12.1. The zero-order valence-corrected chi connectivity index (χ0v) is 12.1. The first-order valence-corrected chi connectivity index (χ1v) is 7.19. The molecule has 0 bridgehead atoms. The van der Waals surface area contributed by atoms with E-state index in [4.69, 9.17) is 0 Å². The lowest BCUT2D eigenvalue weighted by molar-refractivity contribution is 0.252. The van der Waals surface area contributed by atoms with Crippen molar-refractivity contribution in [2.45, 2.75) is 12.8 Å². The number of carbonyl (C=O) groups is 1. The van der Waals surface area contributed by atoms with Crippen LogP contribution in [0, 0.1) is 0 Å². The molecular weight excluding hydrogens is 278 g/mol. The molecule has 0 aliphatic carbocycles. The van der Waals surface area contributed by atoms with Crippen LogP contribution < -0.4 is 10.6 Å². The molecule has 22 heavy (non-hydrogen) atoms. The van der Waals surface area contributed by atoms with Crippen LogP contribution in [0.15, 0.2) is 55.0 Å². The molecule has 6 nitrogen and oxygen atoms in total. The number of aryl methyl sites for hydroxylation is 1. The van der Waals surface area contributed by atoms with Crippen LogP contribution >= 0.6 is 0 Å². The van der Waals surface area contributed by atoms with Crippen molar-refractivity contribution in [3.8, 4) is 0 Å². The highest BCUT2D eigenvalue weighted by Crippen LogP contribution is 2.06. The summed E-state index contributed by atoms with van der Waals surface area (Å²) in [7, 11) is 0. The van der Waals surface area contributed by atoms with Crippen LogP contribution in [-0.2, 0) is 6.42 Å². The standard InChI is InChI=1S/C16H17N5O/c22-16(17-9-4-7-13-5-2-1-3-6-13)20-14-11-18-15-8-10-19-21(15)12-14/h1-3,5-6,8,10-12H,4,7,9H2,(H2,17,20,22). The summed E-state index contributed by atoms with van der Waals surface area (Å²) in [5.41, 5.74) is 2.63. The van der Waals surface area contributed by atoms with Crippen molar-refractivity contribution in [1.29, 1.82) is 0 Å². The number of amides is 2. The predicted molar refractivity (Wildman–Crippen MR) is 84.8 cm³/mol. The van der Waals surface area contributed by atoms with Gasteiger partial charge in [-0.3, -0.25) is 0 Å². The van der Waals surface area contributed by atoms with Crippen LogP contribution in [0.25, 0.3) is 5.65 Å². The molecule has 3 rings (SSSR count). The molecule has 6 heteroatoms. The SMILES string of the molecule is O=C(NCCCc1ccccc1)Nc1cnc2ccnn2c1. The molecule has 0 fully saturated rings. The van der Waals surface area contributed by atoms with Gasteiger partial charge in [0, 0.05) is 12.6 Å². The summed E-state index contributed by atoms with van der Waals surface area (Å²) >= 11 is 0. The van der Waals surface area contributed by atoms with Gasteiger partial charge < -0.3 is 10.6 Å². The largest absolute Gasteiger partial charge is 0.338 e. The third-order valence-corrected chi connectivity index (χ3v) is 3.28. The summed E-state index contributed by atoms with van der Waals surface area (Å²) in [6.45, 7) is 0.623. The molecule has 0 unspecified atom stereocenters. The van der Waals surface area contributed by atoms with Gasteiger partial charge in [0.25, 0.3) is 0 Å². The molecule has 0 atom stereocenters. The van der Waals surface area contributed by atoms with E-state index in [1.165, 1.54) is 5.56 Å². The number of anilines is 1. The molecule has 0 saturated heterocycles. The van der Waals surface area contributed by atoms with E-state index >= 15 is 0 Å². The number of nitrogens with zero attached hydrogens (tertiary/aromatic N) is 3. The summed E-state index contributed by atoms with van der Waals surface area (Å²) in [5.74, 6) is 0. The van der Waals surface area contributed by atoms with E-state index < -0.39 is 0 Å².